The Balaban J connectivity index is 5.40. The predicted molar refractivity (Wildman–Crippen MR) is 427 cm³/mol. The highest BCUT2D eigenvalue weighted by Crippen LogP contribution is 2.45. The van der Waals surface area contributed by atoms with Gasteiger partial charge in [0, 0.05) is 25.7 Å². The molecular weight excluding hydrogens is 1350 g/mol. The van der Waals surface area contributed by atoms with E-state index in [1.807, 2.05) is 0 Å². The number of phosphoric ester groups is 2. The summed E-state index contributed by atoms with van der Waals surface area (Å²) in [5.41, 5.74) is 0. The second kappa shape index (κ2) is 76.9. The van der Waals surface area contributed by atoms with Gasteiger partial charge in [0.2, 0.25) is 0 Å². The van der Waals surface area contributed by atoms with Gasteiger partial charge < -0.3 is 33.8 Å². The normalized spacial score (nSPS) is 14.4. The zero-order chi connectivity index (χ0) is 76.0. The number of carbonyl (C=O) groups is 4. The molecule has 0 aliphatic carbocycles. The van der Waals surface area contributed by atoms with Gasteiger partial charge >= 0.3 is 39.5 Å². The highest BCUT2D eigenvalue weighted by atomic mass is 31.2. The molecule has 0 saturated heterocycles. The van der Waals surface area contributed by atoms with Gasteiger partial charge in [-0.25, -0.2) is 9.13 Å². The molecule has 0 heterocycles. The molecule has 104 heavy (non-hydrogen) atoms. The van der Waals surface area contributed by atoms with Crippen molar-refractivity contribution in [1.82, 2.24) is 0 Å². The van der Waals surface area contributed by atoms with Crippen molar-refractivity contribution in [3.05, 3.63) is 109 Å². The van der Waals surface area contributed by atoms with Gasteiger partial charge in [-0.3, -0.25) is 37.3 Å². The number of ether oxygens (including phenoxy) is 4. The summed E-state index contributed by atoms with van der Waals surface area (Å²) >= 11 is 0. The fraction of sp³-hybridized carbons (Fsp3) is 0.741. The maximum absolute atomic E-state index is 13.1. The van der Waals surface area contributed by atoms with Gasteiger partial charge in [0.05, 0.1) is 26.4 Å². The van der Waals surface area contributed by atoms with E-state index in [-0.39, 0.29) is 25.7 Å². The highest BCUT2D eigenvalue weighted by Gasteiger charge is 2.30. The summed E-state index contributed by atoms with van der Waals surface area (Å²) in [5, 5.41) is 10.7. The first-order valence-electron chi connectivity index (χ1n) is 41.1. The number of hydrogen-bond acceptors (Lipinski definition) is 15. The molecule has 0 spiro atoms. The van der Waals surface area contributed by atoms with E-state index < -0.39 is 97.5 Å². The van der Waals surface area contributed by atoms with Crippen LogP contribution in [0.4, 0.5) is 0 Å². The Morgan fingerprint density at radius 3 is 0.817 bits per heavy atom. The summed E-state index contributed by atoms with van der Waals surface area (Å²) in [7, 11) is -9.97. The first-order chi connectivity index (χ1) is 50.7. The number of carbonyl (C=O) groups excluding carboxylic acids is 4. The van der Waals surface area contributed by atoms with Crippen LogP contribution in [0.15, 0.2) is 109 Å². The van der Waals surface area contributed by atoms with E-state index in [1.54, 1.807) is 0 Å². The minimum Gasteiger partial charge on any atom is -0.462 e. The maximum atomic E-state index is 13.1. The zero-order valence-corrected chi connectivity index (χ0v) is 67.5. The topological polar surface area (TPSA) is 237 Å². The van der Waals surface area contributed by atoms with Crippen LogP contribution in [0.2, 0.25) is 0 Å². The van der Waals surface area contributed by atoms with Crippen LogP contribution in [0.25, 0.3) is 0 Å². The minimum absolute atomic E-state index is 0.0812. The van der Waals surface area contributed by atoms with Crippen molar-refractivity contribution in [3.8, 4) is 0 Å². The van der Waals surface area contributed by atoms with Gasteiger partial charge in [-0.1, -0.05) is 278 Å². The lowest BCUT2D eigenvalue weighted by Crippen LogP contribution is -2.30. The lowest BCUT2D eigenvalue weighted by molar-refractivity contribution is -0.161. The number of hydrogen-bond donors (Lipinski definition) is 3. The summed E-state index contributed by atoms with van der Waals surface area (Å²) in [6.07, 6.45) is 83.4. The highest BCUT2D eigenvalue weighted by molar-refractivity contribution is 7.47. The third kappa shape index (κ3) is 75.9. The van der Waals surface area contributed by atoms with Crippen molar-refractivity contribution in [2.45, 2.75) is 367 Å². The average Bonchev–Trinajstić information content (AvgIpc) is 0.918. The Hall–Kier alpha value is -4.28. The van der Waals surface area contributed by atoms with Crippen LogP contribution in [0, 0.1) is 0 Å². The Bertz CT molecular complexity index is 2390. The van der Waals surface area contributed by atoms with Crippen LogP contribution in [-0.2, 0) is 65.4 Å². The first-order valence-corrected chi connectivity index (χ1v) is 44.1. The van der Waals surface area contributed by atoms with Gasteiger partial charge in [-0.05, 0) is 154 Å². The van der Waals surface area contributed by atoms with Crippen LogP contribution in [0.3, 0.4) is 0 Å². The number of phosphoric acid groups is 2. The monoisotopic (exact) mass is 1500 g/mol. The van der Waals surface area contributed by atoms with E-state index in [2.05, 4.69) is 137 Å². The molecular formula is C85H148O17P2. The van der Waals surface area contributed by atoms with Crippen LogP contribution in [0.1, 0.15) is 349 Å². The fourth-order valence-electron chi connectivity index (χ4n) is 10.9. The molecule has 0 aromatic heterocycles. The number of rotatable bonds is 77. The van der Waals surface area contributed by atoms with E-state index in [9.17, 15) is 43.2 Å². The molecule has 0 saturated carbocycles. The Labute approximate surface area is 632 Å². The second-order valence-corrected chi connectivity index (χ2v) is 30.2. The molecule has 0 radical (unpaired) electrons. The fourth-order valence-corrected chi connectivity index (χ4v) is 12.5. The van der Waals surface area contributed by atoms with Crippen molar-refractivity contribution < 1.29 is 80.2 Å². The molecule has 19 heteroatoms. The minimum atomic E-state index is -4.99. The largest absolute Gasteiger partial charge is 0.472 e. The van der Waals surface area contributed by atoms with Crippen molar-refractivity contribution in [2.24, 2.45) is 0 Å². The molecule has 3 N–H and O–H groups in total. The van der Waals surface area contributed by atoms with Gasteiger partial charge in [-0.2, -0.15) is 0 Å². The van der Waals surface area contributed by atoms with Gasteiger partial charge in [-0.15, -0.1) is 0 Å². The van der Waals surface area contributed by atoms with Gasteiger partial charge in [0.1, 0.15) is 19.3 Å². The summed E-state index contributed by atoms with van der Waals surface area (Å²) in [6, 6.07) is 0. The molecule has 3 unspecified atom stereocenters. The Morgan fingerprint density at radius 1 is 0.279 bits per heavy atom. The van der Waals surface area contributed by atoms with Crippen molar-refractivity contribution in [1.29, 1.82) is 0 Å². The van der Waals surface area contributed by atoms with Crippen LogP contribution >= 0.6 is 15.6 Å². The van der Waals surface area contributed by atoms with Crippen LogP contribution < -0.4 is 0 Å². The van der Waals surface area contributed by atoms with E-state index in [0.29, 0.717) is 25.7 Å². The van der Waals surface area contributed by atoms with Crippen molar-refractivity contribution >= 4 is 39.5 Å². The van der Waals surface area contributed by atoms with Gasteiger partial charge in [0.25, 0.3) is 0 Å². The first kappa shape index (κ1) is 99.7. The number of esters is 4. The van der Waals surface area contributed by atoms with Crippen LogP contribution in [0.5, 0.6) is 0 Å². The number of unbranched alkanes of at least 4 members (excludes halogenated alkanes) is 33. The zero-order valence-electron chi connectivity index (χ0n) is 65.7. The third-order valence-corrected chi connectivity index (χ3v) is 19.1. The molecule has 0 aliphatic rings. The predicted octanol–water partition coefficient (Wildman–Crippen LogP) is 24.1. The molecule has 0 aliphatic heterocycles. The molecule has 0 amide bonds. The molecule has 5 atom stereocenters. The number of aliphatic hydroxyl groups is 1. The Kier molecular flexibility index (Phi) is 73.7. The maximum Gasteiger partial charge on any atom is 0.472 e. The standard InChI is InChI=1S/C85H148O17P2/c1-5-9-13-17-21-25-29-33-37-38-39-40-44-46-50-54-58-62-66-70-83(88)96-76-81(102-85(90)72-68-64-60-56-52-48-43-36-32-28-24-20-16-12-8-4)78-100-104(93,94)98-74-79(86)73-97-103(91,92)99-77-80(101-84(89)71-67-63-59-55-51-47-42-35-31-27-23-19-15-11-7-3)75-95-82(87)69-65-61-57-53-49-45-41-34-30-26-22-18-14-10-6-2/h9,13,21-22,25-26,28,32-35,37,39-42,46,50,79-81,86H,5-8,10-12,14-20,23-24,27,29-31,36,38,43-45,47-49,51-78H2,1-4H3,(H,91,92)(H,93,94)/b13-9-,25-21-,26-22-,32-28-,37-33-,40-39-,41-34-,42-35-,50-46-/t79?,80-,81-/m1/s1. The second-order valence-electron chi connectivity index (χ2n) is 27.3. The summed E-state index contributed by atoms with van der Waals surface area (Å²) in [6.45, 7) is 4.69. The van der Waals surface area contributed by atoms with E-state index in [1.165, 1.54) is 83.5 Å². The number of aliphatic hydroxyl groups excluding tert-OH is 1. The van der Waals surface area contributed by atoms with Crippen molar-refractivity contribution in [3.63, 3.8) is 0 Å². The van der Waals surface area contributed by atoms with Gasteiger partial charge in [0.15, 0.2) is 12.2 Å². The molecule has 600 valence electrons. The quantitative estimate of drug-likeness (QED) is 0.0169. The lowest BCUT2D eigenvalue weighted by atomic mass is 10.1. The summed E-state index contributed by atoms with van der Waals surface area (Å²) in [5.74, 6) is -2.23. The van der Waals surface area contributed by atoms with E-state index in [4.69, 9.17) is 37.0 Å². The van der Waals surface area contributed by atoms with E-state index in [0.717, 1.165) is 186 Å². The van der Waals surface area contributed by atoms with Crippen molar-refractivity contribution in [2.75, 3.05) is 39.6 Å². The van der Waals surface area contributed by atoms with E-state index >= 15 is 0 Å². The third-order valence-electron chi connectivity index (χ3n) is 17.2. The molecule has 0 bridgehead atoms. The lowest BCUT2D eigenvalue weighted by Gasteiger charge is -2.21. The SMILES string of the molecule is CC/C=C\C/C=C\C/C=C\C/C=C\C/C=C\CCCCCC(=O)OC[C@H](COP(=O)(O)OCC(O)COP(=O)(O)OC[C@@H](COC(=O)CCCCCCC/C=C\C/C=C\CCCCC)OC(=O)CCCCCCC/C=C\CCCCCCCC)OC(=O)CCCCCCCCC/C=C\CCCCCC. The summed E-state index contributed by atoms with van der Waals surface area (Å²) < 4.78 is 68.7. The number of allylic oxidation sites excluding steroid dienone is 18. The summed E-state index contributed by atoms with van der Waals surface area (Å²) in [4.78, 5) is 73.1. The molecule has 0 rings (SSSR count). The molecule has 17 nitrogen and oxygen atoms in total. The molecule has 0 aromatic rings. The smallest absolute Gasteiger partial charge is 0.462 e. The Morgan fingerprint density at radius 2 is 0.500 bits per heavy atom. The molecule has 0 aromatic carbocycles. The average molecular weight is 1500 g/mol. The van der Waals surface area contributed by atoms with Crippen LogP contribution in [-0.4, -0.2) is 96.7 Å². The molecule has 0 fully saturated rings.